The summed E-state index contributed by atoms with van der Waals surface area (Å²) < 4.78 is 0. The average Bonchev–Trinajstić information content (AvgIpc) is 2.50. The average molecular weight is 286 g/mol. The van der Waals surface area contributed by atoms with Gasteiger partial charge >= 0.3 is 0 Å². The number of carbonyl (C=O) groups is 1. The topological polar surface area (TPSA) is 65.5 Å². The second-order valence-corrected chi connectivity index (χ2v) is 4.31. The summed E-state index contributed by atoms with van der Waals surface area (Å²) in [5, 5.41) is 8.91. The number of carbonyl (C=O) groups excluding carboxylic acids is 1. The first-order valence-electron chi connectivity index (χ1n) is 7.04. The molecule has 1 aromatic carbocycles. The van der Waals surface area contributed by atoms with Crippen molar-refractivity contribution < 1.29 is 4.79 Å². The van der Waals surface area contributed by atoms with E-state index in [1.54, 1.807) is 6.07 Å². The molecule has 0 bridgehead atoms. The van der Waals surface area contributed by atoms with Gasteiger partial charge in [-0.05, 0) is 31.5 Å². The van der Waals surface area contributed by atoms with Gasteiger partial charge in [0.1, 0.15) is 0 Å². The highest BCUT2D eigenvalue weighted by Crippen LogP contribution is 2.06. The van der Waals surface area contributed by atoms with E-state index in [1.807, 2.05) is 32.0 Å². The minimum Gasteiger partial charge on any atom is -0.357 e. The Kier molecular flexibility index (Phi) is 7.44. The first-order chi connectivity index (χ1) is 10.2. The van der Waals surface area contributed by atoms with Crippen molar-refractivity contribution in [2.45, 2.75) is 20.4 Å². The van der Waals surface area contributed by atoms with Crippen LogP contribution < -0.4 is 16.0 Å². The van der Waals surface area contributed by atoms with E-state index in [0.717, 1.165) is 12.1 Å². The van der Waals surface area contributed by atoms with Gasteiger partial charge < -0.3 is 16.0 Å². The molecule has 21 heavy (non-hydrogen) atoms. The summed E-state index contributed by atoms with van der Waals surface area (Å²) in [4.78, 5) is 16.2. The van der Waals surface area contributed by atoms with Gasteiger partial charge in [0.15, 0.2) is 5.96 Å². The van der Waals surface area contributed by atoms with Gasteiger partial charge in [-0.3, -0.25) is 4.79 Å². The summed E-state index contributed by atoms with van der Waals surface area (Å²) in [5.74, 6) is 3.10. The molecule has 0 fully saturated rings. The van der Waals surface area contributed by atoms with E-state index in [2.05, 4.69) is 26.9 Å². The van der Waals surface area contributed by atoms with Crippen molar-refractivity contribution in [1.82, 2.24) is 16.0 Å². The minimum absolute atomic E-state index is 0.0688. The van der Waals surface area contributed by atoms with E-state index in [-0.39, 0.29) is 5.91 Å². The van der Waals surface area contributed by atoms with Gasteiger partial charge in [0, 0.05) is 18.7 Å². The van der Waals surface area contributed by atoms with Gasteiger partial charge in [-0.15, -0.1) is 6.42 Å². The van der Waals surface area contributed by atoms with Gasteiger partial charge in [-0.1, -0.05) is 18.1 Å². The summed E-state index contributed by atoms with van der Waals surface area (Å²) >= 11 is 0. The van der Waals surface area contributed by atoms with Crippen LogP contribution in [0.3, 0.4) is 0 Å². The van der Waals surface area contributed by atoms with E-state index >= 15 is 0 Å². The van der Waals surface area contributed by atoms with Crippen molar-refractivity contribution in [3.05, 3.63) is 35.4 Å². The molecule has 0 spiro atoms. The number of terminal acetylenes is 1. The molecule has 1 amide bonds. The Morgan fingerprint density at radius 1 is 1.24 bits per heavy atom. The van der Waals surface area contributed by atoms with E-state index in [0.29, 0.717) is 31.2 Å². The van der Waals surface area contributed by atoms with Crippen LogP contribution >= 0.6 is 0 Å². The van der Waals surface area contributed by atoms with Gasteiger partial charge in [-0.2, -0.15) is 0 Å². The first-order valence-corrected chi connectivity index (χ1v) is 7.04. The lowest BCUT2D eigenvalue weighted by Crippen LogP contribution is -2.37. The monoisotopic (exact) mass is 286 g/mol. The third-order valence-electron chi connectivity index (χ3n) is 2.65. The third kappa shape index (κ3) is 6.00. The Balaban J connectivity index is 2.74. The zero-order chi connectivity index (χ0) is 15.5. The minimum atomic E-state index is -0.0688. The van der Waals surface area contributed by atoms with Crippen molar-refractivity contribution in [2.75, 3.05) is 19.6 Å². The van der Waals surface area contributed by atoms with Crippen LogP contribution in [-0.2, 0) is 6.54 Å². The summed E-state index contributed by atoms with van der Waals surface area (Å²) in [6.45, 7) is 6.16. The van der Waals surface area contributed by atoms with Gasteiger partial charge in [0.05, 0.1) is 13.1 Å². The number of hydrogen-bond acceptors (Lipinski definition) is 2. The number of guanidine groups is 1. The normalized spacial score (nSPS) is 10.6. The van der Waals surface area contributed by atoms with Crippen LogP contribution in [0.1, 0.15) is 29.8 Å². The lowest BCUT2D eigenvalue weighted by Gasteiger charge is -2.09. The summed E-state index contributed by atoms with van der Waals surface area (Å²) in [6.07, 6.45) is 5.22. The number of aliphatic imine (C=N–C) groups is 1. The van der Waals surface area contributed by atoms with E-state index in [4.69, 9.17) is 6.42 Å². The molecule has 0 saturated heterocycles. The van der Waals surface area contributed by atoms with Crippen molar-refractivity contribution in [3.63, 3.8) is 0 Å². The van der Waals surface area contributed by atoms with Crippen LogP contribution in [0.15, 0.2) is 29.3 Å². The maximum absolute atomic E-state index is 11.8. The SMILES string of the molecule is C#CCNC(=NCc1cccc(C(=O)NCC)c1)NCC. The maximum atomic E-state index is 11.8. The Morgan fingerprint density at radius 3 is 2.67 bits per heavy atom. The molecule has 0 heterocycles. The fraction of sp³-hybridized carbons (Fsp3) is 0.375. The summed E-state index contributed by atoms with van der Waals surface area (Å²) in [6, 6.07) is 7.44. The maximum Gasteiger partial charge on any atom is 0.251 e. The molecule has 0 unspecified atom stereocenters. The number of amides is 1. The molecule has 3 N–H and O–H groups in total. The lowest BCUT2D eigenvalue weighted by atomic mass is 10.1. The Hall–Kier alpha value is -2.48. The molecular weight excluding hydrogens is 264 g/mol. The van der Waals surface area contributed by atoms with Gasteiger partial charge in [0.2, 0.25) is 0 Å². The van der Waals surface area contributed by atoms with Crippen LogP contribution in [0, 0.1) is 12.3 Å². The van der Waals surface area contributed by atoms with Gasteiger partial charge in [-0.25, -0.2) is 4.99 Å². The molecule has 1 aromatic rings. The van der Waals surface area contributed by atoms with Crippen molar-refractivity contribution in [3.8, 4) is 12.3 Å². The van der Waals surface area contributed by atoms with Crippen LogP contribution in [0.4, 0.5) is 0 Å². The zero-order valence-corrected chi connectivity index (χ0v) is 12.6. The summed E-state index contributed by atoms with van der Waals surface area (Å²) in [7, 11) is 0. The zero-order valence-electron chi connectivity index (χ0n) is 12.6. The molecule has 0 atom stereocenters. The van der Waals surface area contributed by atoms with Crippen molar-refractivity contribution in [2.24, 2.45) is 4.99 Å². The molecule has 1 rings (SSSR count). The van der Waals surface area contributed by atoms with E-state index in [9.17, 15) is 4.79 Å². The van der Waals surface area contributed by atoms with Gasteiger partial charge in [0.25, 0.3) is 5.91 Å². The predicted molar refractivity (Wildman–Crippen MR) is 86.1 cm³/mol. The fourth-order valence-electron chi connectivity index (χ4n) is 1.72. The van der Waals surface area contributed by atoms with Crippen LogP contribution in [0.2, 0.25) is 0 Å². The largest absolute Gasteiger partial charge is 0.357 e. The quantitative estimate of drug-likeness (QED) is 0.417. The van der Waals surface area contributed by atoms with Crippen LogP contribution in [0.5, 0.6) is 0 Å². The molecule has 5 heteroatoms. The predicted octanol–water partition coefficient (Wildman–Crippen LogP) is 1.12. The highest BCUT2D eigenvalue weighted by molar-refractivity contribution is 5.94. The van der Waals surface area contributed by atoms with Crippen LogP contribution in [0.25, 0.3) is 0 Å². The highest BCUT2D eigenvalue weighted by atomic mass is 16.1. The second kappa shape index (κ2) is 9.43. The molecule has 0 radical (unpaired) electrons. The Morgan fingerprint density at radius 2 is 2.00 bits per heavy atom. The van der Waals surface area contributed by atoms with Crippen molar-refractivity contribution in [1.29, 1.82) is 0 Å². The highest BCUT2D eigenvalue weighted by Gasteiger charge is 2.04. The van der Waals surface area contributed by atoms with Crippen LogP contribution in [-0.4, -0.2) is 31.5 Å². The fourth-order valence-corrected chi connectivity index (χ4v) is 1.72. The van der Waals surface area contributed by atoms with E-state index < -0.39 is 0 Å². The molecule has 0 aliphatic carbocycles. The third-order valence-corrected chi connectivity index (χ3v) is 2.65. The standard InChI is InChI=1S/C16H22N4O/c1-4-10-19-16(18-6-3)20-12-13-8-7-9-14(11-13)15(21)17-5-2/h1,7-9,11H,5-6,10,12H2,2-3H3,(H,17,21)(H2,18,19,20). The molecule has 0 aliphatic rings. The Bertz CT molecular complexity index is 531. The number of nitrogens with one attached hydrogen (secondary N) is 3. The number of rotatable bonds is 6. The molecule has 0 aliphatic heterocycles. The number of benzene rings is 1. The summed E-state index contributed by atoms with van der Waals surface area (Å²) in [5.41, 5.74) is 1.61. The lowest BCUT2D eigenvalue weighted by molar-refractivity contribution is 0.0955. The molecule has 5 nitrogen and oxygen atoms in total. The molecular formula is C16H22N4O. The van der Waals surface area contributed by atoms with E-state index in [1.165, 1.54) is 0 Å². The molecule has 112 valence electrons. The first kappa shape index (κ1) is 16.6. The number of hydrogen-bond donors (Lipinski definition) is 3. The second-order valence-electron chi connectivity index (χ2n) is 4.31. The molecule has 0 aromatic heterocycles. The smallest absolute Gasteiger partial charge is 0.251 e. The Labute approximate surface area is 126 Å². The molecule has 0 saturated carbocycles. The number of nitrogens with zero attached hydrogens (tertiary/aromatic N) is 1. The van der Waals surface area contributed by atoms with Crippen molar-refractivity contribution >= 4 is 11.9 Å².